The molecule has 0 bridgehead atoms. The number of ether oxygens (including phenoxy) is 1. The first-order valence-electron chi connectivity index (χ1n) is 5.82. The molecule has 2 aromatic rings. The Morgan fingerprint density at radius 3 is 2.88 bits per heavy atom. The average Bonchev–Trinajstić information content (AvgIpc) is 2.41. The quantitative estimate of drug-likeness (QED) is 0.736. The average molecular weight is 227 g/mol. The van der Waals surface area contributed by atoms with Crippen molar-refractivity contribution in [3.63, 3.8) is 0 Å². The van der Waals surface area contributed by atoms with Crippen LogP contribution in [0, 0.1) is 6.20 Å². The zero-order valence-corrected chi connectivity index (χ0v) is 9.89. The Labute approximate surface area is 102 Å². The number of hydrogen-bond donors (Lipinski definition) is 0. The van der Waals surface area contributed by atoms with E-state index in [4.69, 9.17) is 4.74 Å². The van der Waals surface area contributed by atoms with Gasteiger partial charge in [0.15, 0.2) is 0 Å². The first-order chi connectivity index (χ1) is 8.42. The van der Waals surface area contributed by atoms with Crippen LogP contribution in [0.3, 0.4) is 0 Å². The van der Waals surface area contributed by atoms with Gasteiger partial charge in [0.1, 0.15) is 17.6 Å². The van der Waals surface area contributed by atoms with Crippen molar-refractivity contribution in [3.8, 4) is 17.0 Å². The molecule has 0 N–H and O–H groups in total. The fourth-order valence-electron chi connectivity index (χ4n) is 1.51. The third kappa shape index (κ3) is 3.03. The van der Waals surface area contributed by atoms with Gasteiger partial charge in [-0.1, -0.05) is 25.5 Å². The molecule has 0 atom stereocenters. The van der Waals surface area contributed by atoms with E-state index in [-0.39, 0.29) is 0 Å². The summed E-state index contributed by atoms with van der Waals surface area (Å²) in [5, 5.41) is 0. The Balaban J connectivity index is 2.22. The van der Waals surface area contributed by atoms with E-state index < -0.39 is 0 Å². The predicted octanol–water partition coefficient (Wildman–Crippen LogP) is 3.12. The summed E-state index contributed by atoms with van der Waals surface area (Å²) >= 11 is 0. The second kappa shape index (κ2) is 5.99. The van der Waals surface area contributed by atoms with Crippen molar-refractivity contribution < 1.29 is 4.74 Å². The second-order valence-corrected chi connectivity index (χ2v) is 3.71. The molecular weight excluding hydrogens is 212 g/mol. The van der Waals surface area contributed by atoms with Crippen LogP contribution in [0.15, 0.2) is 36.7 Å². The van der Waals surface area contributed by atoms with Crippen molar-refractivity contribution in [3.05, 3.63) is 42.9 Å². The molecule has 0 amide bonds. The molecule has 0 spiro atoms. The number of para-hydroxylation sites is 1. The van der Waals surface area contributed by atoms with Crippen LogP contribution in [0.1, 0.15) is 19.8 Å². The van der Waals surface area contributed by atoms with Crippen molar-refractivity contribution in [2.24, 2.45) is 0 Å². The Bertz CT molecular complexity index is 457. The molecular formula is C14H15N2O. The molecule has 0 aliphatic carbocycles. The maximum Gasteiger partial charge on any atom is 0.128 e. The fraction of sp³-hybridized carbons (Fsp3) is 0.286. The lowest BCUT2D eigenvalue weighted by atomic mass is 10.1. The summed E-state index contributed by atoms with van der Waals surface area (Å²) in [4.78, 5) is 8.20. The van der Waals surface area contributed by atoms with Crippen LogP contribution in [-0.4, -0.2) is 16.6 Å². The molecule has 2 rings (SSSR count). The van der Waals surface area contributed by atoms with Gasteiger partial charge >= 0.3 is 0 Å². The smallest absolute Gasteiger partial charge is 0.128 e. The van der Waals surface area contributed by atoms with Crippen LogP contribution < -0.4 is 4.74 Å². The third-order valence-electron chi connectivity index (χ3n) is 2.41. The lowest BCUT2D eigenvalue weighted by Gasteiger charge is -2.09. The highest BCUT2D eigenvalue weighted by Gasteiger charge is 2.06. The van der Waals surface area contributed by atoms with Crippen LogP contribution >= 0.6 is 0 Å². The van der Waals surface area contributed by atoms with Gasteiger partial charge in [0.2, 0.25) is 0 Å². The zero-order chi connectivity index (χ0) is 11.9. The standard InChI is InChI=1S/C14H15N2O/c1-2-3-10-17-14-7-5-4-6-12(14)13-11-15-8-9-16-13/h4-9H,2-3,10H2,1H3. The fourth-order valence-corrected chi connectivity index (χ4v) is 1.51. The van der Waals surface area contributed by atoms with Gasteiger partial charge in [-0.15, -0.1) is 0 Å². The second-order valence-electron chi connectivity index (χ2n) is 3.71. The zero-order valence-electron chi connectivity index (χ0n) is 9.89. The monoisotopic (exact) mass is 227 g/mol. The number of unbranched alkanes of at least 4 members (excludes halogenated alkanes) is 1. The maximum absolute atomic E-state index is 5.74. The SMILES string of the molecule is CCCCOc1ccccc1-c1[c]nccn1. The molecule has 1 heterocycles. The van der Waals surface area contributed by atoms with Gasteiger partial charge < -0.3 is 4.74 Å². The number of nitrogens with zero attached hydrogens (tertiary/aromatic N) is 2. The number of hydrogen-bond acceptors (Lipinski definition) is 3. The van der Waals surface area contributed by atoms with E-state index in [1.807, 2.05) is 24.3 Å². The van der Waals surface area contributed by atoms with Crippen LogP contribution in [0.2, 0.25) is 0 Å². The normalized spacial score (nSPS) is 10.2. The van der Waals surface area contributed by atoms with Gasteiger partial charge in [-0.3, -0.25) is 9.97 Å². The van der Waals surface area contributed by atoms with E-state index in [0.717, 1.165) is 36.5 Å². The Morgan fingerprint density at radius 1 is 1.24 bits per heavy atom. The van der Waals surface area contributed by atoms with Gasteiger partial charge in [-0.2, -0.15) is 0 Å². The van der Waals surface area contributed by atoms with E-state index in [1.165, 1.54) is 0 Å². The molecule has 1 radical (unpaired) electrons. The first-order valence-corrected chi connectivity index (χ1v) is 5.82. The Hall–Kier alpha value is -1.90. The Kier molecular flexibility index (Phi) is 4.08. The maximum atomic E-state index is 5.74. The van der Waals surface area contributed by atoms with Crippen molar-refractivity contribution in [1.29, 1.82) is 0 Å². The van der Waals surface area contributed by atoms with Gasteiger partial charge in [0.25, 0.3) is 0 Å². The highest BCUT2D eigenvalue weighted by Crippen LogP contribution is 2.27. The molecule has 3 nitrogen and oxygen atoms in total. The number of aromatic nitrogens is 2. The van der Waals surface area contributed by atoms with Crippen LogP contribution in [0.25, 0.3) is 11.3 Å². The van der Waals surface area contributed by atoms with Gasteiger partial charge in [-0.25, -0.2) is 0 Å². The lowest BCUT2D eigenvalue weighted by Crippen LogP contribution is -1.98. The highest BCUT2D eigenvalue weighted by atomic mass is 16.5. The number of benzene rings is 1. The largest absolute Gasteiger partial charge is 0.493 e. The summed E-state index contributed by atoms with van der Waals surface area (Å²) in [5.74, 6) is 0.845. The van der Waals surface area contributed by atoms with Gasteiger partial charge in [0.05, 0.1) is 6.61 Å². The van der Waals surface area contributed by atoms with Crippen molar-refractivity contribution in [1.82, 2.24) is 9.97 Å². The van der Waals surface area contributed by atoms with Crippen molar-refractivity contribution in [2.75, 3.05) is 6.61 Å². The van der Waals surface area contributed by atoms with Crippen molar-refractivity contribution in [2.45, 2.75) is 19.8 Å². The third-order valence-corrected chi connectivity index (χ3v) is 2.41. The molecule has 0 aliphatic heterocycles. The molecule has 1 aromatic carbocycles. The summed E-state index contributed by atoms with van der Waals surface area (Å²) in [6.07, 6.45) is 8.33. The molecule has 0 fully saturated rings. The minimum Gasteiger partial charge on any atom is -0.493 e. The van der Waals surface area contributed by atoms with Gasteiger partial charge in [0, 0.05) is 18.0 Å². The summed E-state index contributed by atoms with van der Waals surface area (Å²) in [6, 6.07) is 7.85. The predicted molar refractivity (Wildman–Crippen MR) is 66.7 cm³/mol. The highest BCUT2D eigenvalue weighted by molar-refractivity contribution is 5.65. The van der Waals surface area contributed by atoms with E-state index in [9.17, 15) is 0 Å². The minimum atomic E-state index is 0.722. The Morgan fingerprint density at radius 2 is 2.12 bits per heavy atom. The summed E-state index contributed by atoms with van der Waals surface area (Å²) < 4.78 is 5.74. The molecule has 0 unspecified atom stereocenters. The van der Waals surface area contributed by atoms with E-state index in [0.29, 0.717) is 0 Å². The topological polar surface area (TPSA) is 35.0 Å². The molecule has 0 saturated carbocycles. The van der Waals surface area contributed by atoms with E-state index in [1.54, 1.807) is 12.4 Å². The molecule has 87 valence electrons. The van der Waals surface area contributed by atoms with Crippen LogP contribution in [-0.2, 0) is 0 Å². The lowest BCUT2D eigenvalue weighted by molar-refractivity contribution is 0.310. The summed E-state index contributed by atoms with van der Waals surface area (Å²) in [5.41, 5.74) is 1.66. The van der Waals surface area contributed by atoms with E-state index in [2.05, 4.69) is 23.1 Å². The molecule has 3 heteroatoms. The minimum absolute atomic E-state index is 0.722. The molecule has 0 saturated heterocycles. The summed E-state index contributed by atoms with van der Waals surface area (Å²) in [7, 11) is 0. The van der Waals surface area contributed by atoms with Crippen molar-refractivity contribution >= 4 is 0 Å². The molecule has 1 aromatic heterocycles. The van der Waals surface area contributed by atoms with Crippen LogP contribution in [0.5, 0.6) is 5.75 Å². The van der Waals surface area contributed by atoms with Gasteiger partial charge in [-0.05, 0) is 18.6 Å². The van der Waals surface area contributed by atoms with E-state index >= 15 is 0 Å². The number of rotatable bonds is 5. The first kappa shape index (κ1) is 11.6. The van der Waals surface area contributed by atoms with Crippen LogP contribution in [0.4, 0.5) is 0 Å². The summed E-state index contributed by atoms with van der Waals surface area (Å²) in [6.45, 7) is 2.87. The molecule has 17 heavy (non-hydrogen) atoms. The molecule has 0 aliphatic rings.